The van der Waals surface area contributed by atoms with Crippen molar-refractivity contribution >= 4 is 10.9 Å². The molecule has 0 atom stereocenters. The Bertz CT molecular complexity index is 605. The van der Waals surface area contributed by atoms with E-state index in [1.54, 1.807) is 7.11 Å². The van der Waals surface area contributed by atoms with Gasteiger partial charge in [-0.05, 0) is 70.8 Å². The molecule has 0 unspecified atom stereocenters. The van der Waals surface area contributed by atoms with Crippen LogP contribution in [0.2, 0.25) is 0 Å². The minimum Gasteiger partial charge on any atom is -0.497 e. The molecule has 20 heavy (non-hydrogen) atoms. The summed E-state index contributed by atoms with van der Waals surface area (Å²) < 4.78 is 5.40. The minimum absolute atomic E-state index is 0.160. The largest absolute Gasteiger partial charge is 0.497 e. The van der Waals surface area contributed by atoms with Crippen molar-refractivity contribution < 1.29 is 4.74 Å². The van der Waals surface area contributed by atoms with Crippen molar-refractivity contribution in [2.45, 2.75) is 46.6 Å². The molecule has 3 heteroatoms. The van der Waals surface area contributed by atoms with E-state index in [0.717, 1.165) is 18.7 Å². The highest BCUT2D eigenvalue weighted by atomic mass is 16.5. The molecule has 110 valence electrons. The summed E-state index contributed by atoms with van der Waals surface area (Å²) >= 11 is 0. The van der Waals surface area contributed by atoms with E-state index >= 15 is 0 Å². The summed E-state index contributed by atoms with van der Waals surface area (Å²) in [5.74, 6) is 0.930. The number of aryl methyl sites for hydroxylation is 2. The Hall–Kier alpha value is -1.48. The molecule has 0 amide bonds. The molecule has 0 aliphatic heterocycles. The lowest BCUT2D eigenvalue weighted by Crippen LogP contribution is -2.37. The molecule has 1 heterocycles. The summed E-state index contributed by atoms with van der Waals surface area (Å²) in [6.45, 7) is 11.8. The first-order chi connectivity index (χ1) is 9.31. The van der Waals surface area contributed by atoms with Gasteiger partial charge in [-0.25, -0.2) is 0 Å². The van der Waals surface area contributed by atoms with Gasteiger partial charge in [0.2, 0.25) is 0 Å². The molecular formula is C17H26N2O. The van der Waals surface area contributed by atoms with Crippen LogP contribution in [0.25, 0.3) is 10.9 Å². The summed E-state index contributed by atoms with van der Waals surface area (Å²) in [7, 11) is 1.72. The third-order valence-corrected chi connectivity index (χ3v) is 3.67. The zero-order valence-corrected chi connectivity index (χ0v) is 13.5. The number of ether oxygens (including phenoxy) is 1. The molecule has 0 saturated heterocycles. The fourth-order valence-corrected chi connectivity index (χ4v) is 2.63. The molecule has 2 N–H and O–H groups in total. The third-order valence-electron chi connectivity index (χ3n) is 3.67. The predicted molar refractivity (Wildman–Crippen MR) is 85.8 cm³/mol. The molecule has 0 aliphatic rings. The second-order valence-corrected chi connectivity index (χ2v) is 6.52. The number of rotatable bonds is 4. The van der Waals surface area contributed by atoms with Crippen LogP contribution < -0.4 is 10.1 Å². The number of nitrogens with one attached hydrogen (secondary N) is 2. The number of hydrogen-bond acceptors (Lipinski definition) is 2. The molecule has 3 nitrogen and oxygen atoms in total. The molecular weight excluding hydrogens is 248 g/mol. The van der Waals surface area contributed by atoms with Crippen LogP contribution in [0.5, 0.6) is 5.75 Å². The van der Waals surface area contributed by atoms with E-state index in [2.05, 4.69) is 57.1 Å². The number of aromatic amines is 1. The Kier molecular flexibility index (Phi) is 4.09. The van der Waals surface area contributed by atoms with E-state index in [4.69, 9.17) is 4.74 Å². The molecule has 0 saturated carbocycles. The average Bonchev–Trinajstić information content (AvgIpc) is 2.65. The van der Waals surface area contributed by atoms with Crippen LogP contribution in [0.4, 0.5) is 0 Å². The Labute approximate surface area is 121 Å². The molecule has 0 spiro atoms. The Morgan fingerprint density at radius 1 is 1.20 bits per heavy atom. The minimum atomic E-state index is 0.160. The van der Waals surface area contributed by atoms with Gasteiger partial charge in [-0.2, -0.15) is 0 Å². The van der Waals surface area contributed by atoms with Crippen LogP contribution in [-0.2, 0) is 6.42 Å². The molecule has 0 aliphatic carbocycles. The van der Waals surface area contributed by atoms with Gasteiger partial charge >= 0.3 is 0 Å². The molecule has 0 fully saturated rings. The molecule has 2 rings (SSSR count). The van der Waals surface area contributed by atoms with Crippen molar-refractivity contribution in [3.63, 3.8) is 0 Å². The van der Waals surface area contributed by atoms with E-state index in [0.29, 0.717) is 0 Å². The van der Waals surface area contributed by atoms with Crippen LogP contribution in [0, 0.1) is 13.8 Å². The van der Waals surface area contributed by atoms with Gasteiger partial charge in [0, 0.05) is 22.1 Å². The van der Waals surface area contributed by atoms with Crippen molar-refractivity contribution in [2.24, 2.45) is 0 Å². The highest BCUT2D eigenvalue weighted by Crippen LogP contribution is 2.29. The van der Waals surface area contributed by atoms with Crippen LogP contribution in [-0.4, -0.2) is 24.2 Å². The second kappa shape index (κ2) is 5.49. The first-order valence-electron chi connectivity index (χ1n) is 7.22. The van der Waals surface area contributed by atoms with E-state index in [9.17, 15) is 0 Å². The fourth-order valence-electron chi connectivity index (χ4n) is 2.63. The maximum Gasteiger partial charge on any atom is 0.119 e. The van der Waals surface area contributed by atoms with E-state index < -0.39 is 0 Å². The van der Waals surface area contributed by atoms with Crippen molar-refractivity contribution in [2.75, 3.05) is 13.7 Å². The van der Waals surface area contributed by atoms with Gasteiger partial charge in [0.05, 0.1) is 7.11 Å². The SMILES string of the molecule is COc1cc(C)c2[nH]c(C)c(CCNC(C)(C)C)c2c1. The number of H-pyrrole nitrogens is 1. The van der Waals surface area contributed by atoms with Gasteiger partial charge < -0.3 is 15.0 Å². The van der Waals surface area contributed by atoms with E-state index in [1.807, 2.05) is 0 Å². The summed E-state index contributed by atoms with van der Waals surface area (Å²) in [6, 6.07) is 4.22. The first kappa shape index (κ1) is 14.9. The number of aromatic nitrogens is 1. The Morgan fingerprint density at radius 2 is 1.90 bits per heavy atom. The van der Waals surface area contributed by atoms with Crippen molar-refractivity contribution in [1.29, 1.82) is 0 Å². The van der Waals surface area contributed by atoms with E-state index in [1.165, 1.54) is 27.7 Å². The number of hydrogen-bond donors (Lipinski definition) is 2. The summed E-state index contributed by atoms with van der Waals surface area (Å²) in [4.78, 5) is 3.51. The highest BCUT2D eigenvalue weighted by Gasteiger charge is 2.13. The topological polar surface area (TPSA) is 37.0 Å². The van der Waals surface area contributed by atoms with Gasteiger partial charge in [-0.3, -0.25) is 0 Å². The first-order valence-corrected chi connectivity index (χ1v) is 7.22. The zero-order chi connectivity index (χ0) is 14.9. The molecule has 1 aromatic carbocycles. The molecule has 0 radical (unpaired) electrons. The normalized spacial score (nSPS) is 12.1. The summed E-state index contributed by atoms with van der Waals surface area (Å²) in [5, 5.41) is 4.84. The third kappa shape index (κ3) is 3.15. The van der Waals surface area contributed by atoms with Gasteiger partial charge in [0.15, 0.2) is 0 Å². The highest BCUT2D eigenvalue weighted by molar-refractivity contribution is 5.88. The van der Waals surface area contributed by atoms with Crippen molar-refractivity contribution in [3.8, 4) is 5.75 Å². The lowest BCUT2D eigenvalue weighted by Gasteiger charge is -2.20. The second-order valence-electron chi connectivity index (χ2n) is 6.52. The lowest BCUT2D eigenvalue weighted by molar-refractivity contribution is 0.415. The van der Waals surface area contributed by atoms with Crippen LogP contribution in [0.1, 0.15) is 37.6 Å². The smallest absolute Gasteiger partial charge is 0.119 e. The maximum atomic E-state index is 5.40. The van der Waals surface area contributed by atoms with Gasteiger partial charge in [0.25, 0.3) is 0 Å². The Balaban J connectivity index is 2.32. The molecule has 0 bridgehead atoms. The predicted octanol–water partition coefficient (Wildman–Crippen LogP) is 3.72. The van der Waals surface area contributed by atoms with Gasteiger partial charge in [-0.1, -0.05) is 0 Å². The quantitative estimate of drug-likeness (QED) is 0.891. The van der Waals surface area contributed by atoms with Gasteiger partial charge in [-0.15, -0.1) is 0 Å². The summed E-state index contributed by atoms with van der Waals surface area (Å²) in [5.41, 5.74) is 5.27. The number of methoxy groups -OCH3 is 1. The van der Waals surface area contributed by atoms with Crippen LogP contribution >= 0.6 is 0 Å². The Morgan fingerprint density at radius 3 is 2.50 bits per heavy atom. The molecule has 2 aromatic rings. The number of fused-ring (bicyclic) bond motifs is 1. The van der Waals surface area contributed by atoms with Crippen molar-refractivity contribution in [1.82, 2.24) is 10.3 Å². The van der Waals surface area contributed by atoms with E-state index in [-0.39, 0.29) is 5.54 Å². The fraction of sp³-hybridized carbons (Fsp3) is 0.529. The van der Waals surface area contributed by atoms with Gasteiger partial charge in [0.1, 0.15) is 5.75 Å². The monoisotopic (exact) mass is 274 g/mol. The lowest BCUT2D eigenvalue weighted by atomic mass is 10.0. The summed E-state index contributed by atoms with van der Waals surface area (Å²) in [6.07, 6.45) is 1.02. The number of benzene rings is 1. The maximum absolute atomic E-state index is 5.40. The zero-order valence-electron chi connectivity index (χ0n) is 13.5. The standard InChI is InChI=1S/C17H26N2O/c1-11-9-13(20-6)10-15-14(12(2)19-16(11)15)7-8-18-17(3,4)5/h9-10,18-19H,7-8H2,1-6H3. The molecule has 1 aromatic heterocycles. The van der Waals surface area contributed by atoms with Crippen LogP contribution in [0.3, 0.4) is 0 Å². The van der Waals surface area contributed by atoms with Crippen molar-refractivity contribution in [3.05, 3.63) is 29.0 Å². The van der Waals surface area contributed by atoms with Crippen LogP contribution in [0.15, 0.2) is 12.1 Å². The average molecular weight is 274 g/mol.